The maximum absolute atomic E-state index is 12.6. The van der Waals surface area contributed by atoms with Gasteiger partial charge >= 0.3 is 0 Å². The van der Waals surface area contributed by atoms with Crippen LogP contribution in [0.15, 0.2) is 42.7 Å². The molecule has 0 bridgehead atoms. The van der Waals surface area contributed by atoms with Crippen LogP contribution in [0.2, 0.25) is 0 Å². The van der Waals surface area contributed by atoms with Crippen LogP contribution >= 0.6 is 0 Å². The summed E-state index contributed by atoms with van der Waals surface area (Å²) in [6.07, 6.45) is 5.29. The third-order valence-corrected chi connectivity index (χ3v) is 4.75. The number of carbonyl (C=O) groups excluding carboxylic acids is 1. The predicted molar refractivity (Wildman–Crippen MR) is 101 cm³/mol. The first-order chi connectivity index (χ1) is 12.5. The minimum absolute atomic E-state index is 0.0352. The molecule has 0 aliphatic rings. The molecule has 1 atom stereocenters. The number of imidazole rings is 1. The van der Waals surface area contributed by atoms with E-state index < -0.39 is 0 Å². The van der Waals surface area contributed by atoms with Crippen molar-refractivity contribution >= 4 is 5.91 Å². The molecule has 0 radical (unpaired) electrons. The second kappa shape index (κ2) is 7.99. The second-order valence-electron chi connectivity index (χ2n) is 6.54. The van der Waals surface area contributed by atoms with Crippen molar-refractivity contribution in [1.29, 1.82) is 0 Å². The lowest BCUT2D eigenvalue weighted by atomic mass is 10.0. The fraction of sp³-hybridized carbons (Fsp3) is 0.350. The first-order valence-corrected chi connectivity index (χ1v) is 8.86. The Hall–Kier alpha value is -2.89. The molecule has 0 aliphatic carbocycles. The van der Waals surface area contributed by atoms with Gasteiger partial charge in [0.2, 0.25) is 5.91 Å². The smallest absolute Gasteiger partial charge is 0.220 e. The van der Waals surface area contributed by atoms with Crippen LogP contribution < -0.4 is 5.32 Å². The largest absolute Gasteiger partial charge is 0.349 e. The summed E-state index contributed by atoms with van der Waals surface area (Å²) >= 11 is 0. The van der Waals surface area contributed by atoms with Crippen molar-refractivity contribution in [2.75, 3.05) is 0 Å². The van der Waals surface area contributed by atoms with Crippen molar-refractivity contribution in [3.8, 4) is 0 Å². The zero-order valence-electron chi connectivity index (χ0n) is 15.5. The van der Waals surface area contributed by atoms with Gasteiger partial charge in [0, 0.05) is 38.0 Å². The molecule has 0 spiro atoms. The zero-order chi connectivity index (χ0) is 18.5. The van der Waals surface area contributed by atoms with Gasteiger partial charge in [0.1, 0.15) is 5.82 Å². The van der Waals surface area contributed by atoms with Gasteiger partial charge in [-0.1, -0.05) is 30.3 Å². The number of aromatic nitrogens is 4. The molecule has 2 aromatic heterocycles. The molecule has 3 rings (SSSR count). The van der Waals surface area contributed by atoms with Crippen LogP contribution in [0.4, 0.5) is 0 Å². The van der Waals surface area contributed by atoms with Crippen LogP contribution in [0, 0.1) is 13.8 Å². The Kier molecular flexibility index (Phi) is 5.51. The van der Waals surface area contributed by atoms with Crippen LogP contribution in [0.1, 0.15) is 40.8 Å². The van der Waals surface area contributed by atoms with Crippen molar-refractivity contribution in [3.05, 3.63) is 71.1 Å². The number of amides is 1. The van der Waals surface area contributed by atoms with Crippen LogP contribution in [0.3, 0.4) is 0 Å². The van der Waals surface area contributed by atoms with E-state index in [4.69, 9.17) is 0 Å². The van der Waals surface area contributed by atoms with E-state index in [2.05, 4.69) is 20.4 Å². The van der Waals surface area contributed by atoms with Gasteiger partial charge in [-0.05, 0) is 31.4 Å². The summed E-state index contributed by atoms with van der Waals surface area (Å²) in [6, 6.07) is 9.90. The van der Waals surface area contributed by atoms with Crippen LogP contribution in [0.25, 0.3) is 0 Å². The van der Waals surface area contributed by atoms with E-state index in [0.29, 0.717) is 19.3 Å². The number of carbonyl (C=O) groups is 1. The lowest BCUT2D eigenvalue weighted by molar-refractivity contribution is -0.121. The Bertz CT molecular complexity index is 852. The van der Waals surface area contributed by atoms with Gasteiger partial charge in [-0.2, -0.15) is 5.10 Å². The quantitative estimate of drug-likeness (QED) is 0.687. The van der Waals surface area contributed by atoms with Crippen LogP contribution in [-0.2, 0) is 24.7 Å². The van der Waals surface area contributed by atoms with Crippen molar-refractivity contribution in [1.82, 2.24) is 25.1 Å². The minimum atomic E-state index is -0.106. The molecule has 6 nitrogen and oxygen atoms in total. The molecular weight excluding hydrogens is 326 g/mol. The maximum Gasteiger partial charge on any atom is 0.220 e. The molecule has 1 aromatic carbocycles. The first-order valence-electron chi connectivity index (χ1n) is 8.86. The third-order valence-electron chi connectivity index (χ3n) is 4.75. The summed E-state index contributed by atoms with van der Waals surface area (Å²) in [5.74, 6) is 0.895. The number of aromatic amines is 1. The zero-order valence-corrected chi connectivity index (χ0v) is 15.5. The molecule has 0 saturated heterocycles. The summed E-state index contributed by atoms with van der Waals surface area (Å²) in [7, 11) is 1.93. The maximum atomic E-state index is 12.6. The molecular formula is C20H25N5O. The highest BCUT2D eigenvalue weighted by Gasteiger charge is 2.17. The highest BCUT2D eigenvalue weighted by molar-refractivity contribution is 5.76. The molecule has 0 aliphatic heterocycles. The third kappa shape index (κ3) is 4.20. The molecule has 3 aromatic rings. The average molecular weight is 351 g/mol. The Morgan fingerprint density at radius 2 is 2.04 bits per heavy atom. The van der Waals surface area contributed by atoms with E-state index in [0.717, 1.165) is 28.3 Å². The Morgan fingerprint density at radius 3 is 2.65 bits per heavy atom. The molecule has 1 amide bonds. The van der Waals surface area contributed by atoms with Gasteiger partial charge in [0.25, 0.3) is 0 Å². The summed E-state index contributed by atoms with van der Waals surface area (Å²) in [6.45, 7) is 4.03. The van der Waals surface area contributed by atoms with Crippen molar-refractivity contribution in [2.24, 2.45) is 7.05 Å². The van der Waals surface area contributed by atoms with E-state index in [9.17, 15) is 4.79 Å². The molecule has 0 saturated carbocycles. The topological polar surface area (TPSA) is 75.6 Å². The molecule has 0 unspecified atom stereocenters. The molecule has 26 heavy (non-hydrogen) atoms. The minimum Gasteiger partial charge on any atom is -0.349 e. The number of rotatable bonds is 7. The number of hydrogen-bond donors (Lipinski definition) is 2. The van der Waals surface area contributed by atoms with Crippen LogP contribution in [-0.4, -0.2) is 25.7 Å². The van der Waals surface area contributed by atoms with Gasteiger partial charge in [-0.3, -0.25) is 9.48 Å². The Labute approximate surface area is 153 Å². The van der Waals surface area contributed by atoms with Crippen LogP contribution in [0.5, 0.6) is 0 Å². The number of nitrogens with one attached hydrogen (secondary N) is 2. The number of nitrogens with zero attached hydrogens (tertiary/aromatic N) is 3. The number of benzene rings is 1. The number of H-pyrrole nitrogens is 1. The average Bonchev–Trinajstić information content (AvgIpc) is 3.22. The SMILES string of the molecule is Cc1nn(C)c(C)c1CCC(=O)N[C@H](Cc1ncc[nH]1)c1ccccc1. The molecule has 6 heteroatoms. The highest BCUT2D eigenvalue weighted by atomic mass is 16.1. The Balaban J connectivity index is 1.67. The van der Waals surface area contributed by atoms with Gasteiger partial charge in [-0.15, -0.1) is 0 Å². The molecule has 136 valence electrons. The summed E-state index contributed by atoms with van der Waals surface area (Å²) < 4.78 is 1.87. The van der Waals surface area contributed by atoms with E-state index in [1.807, 2.05) is 55.9 Å². The van der Waals surface area contributed by atoms with Gasteiger partial charge in [0.15, 0.2) is 0 Å². The molecule has 2 heterocycles. The monoisotopic (exact) mass is 351 g/mol. The second-order valence-corrected chi connectivity index (χ2v) is 6.54. The normalized spacial score (nSPS) is 12.1. The fourth-order valence-corrected chi connectivity index (χ4v) is 3.22. The number of aryl methyl sites for hydroxylation is 2. The van der Waals surface area contributed by atoms with Gasteiger partial charge < -0.3 is 10.3 Å². The van der Waals surface area contributed by atoms with E-state index >= 15 is 0 Å². The van der Waals surface area contributed by atoms with E-state index in [1.54, 1.807) is 12.4 Å². The highest BCUT2D eigenvalue weighted by Crippen LogP contribution is 2.18. The lowest BCUT2D eigenvalue weighted by Crippen LogP contribution is -2.30. The van der Waals surface area contributed by atoms with Crippen molar-refractivity contribution in [2.45, 2.75) is 39.2 Å². The number of hydrogen-bond acceptors (Lipinski definition) is 3. The van der Waals surface area contributed by atoms with Gasteiger partial charge in [0.05, 0.1) is 11.7 Å². The summed E-state index contributed by atoms with van der Waals surface area (Å²) in [4.78, 5) is 20.0. The summed E-state index contributed by atoms with van der Waals surface area (Å²) in [5.41, 5.74) is 4.34. The molecule has 0 fully saturated rings. The Morgan fingerprint density at radius 1 is 1.27 bits per heavy atom. The predicted octanol–water partition coefficient (Wildman–Crippen LogP) is 2.79. The van der Waals surface area contributed by atoms with E-state index in [1.165, 1.54) is 0 Å². The summed E-state index contributed by atoms with van der Waals surface area (Å²) in [5, 5.41) is 7.58. The van der Waals surface area contributed by atoms with Crippen molar-refractivity contribution < 1.29 is 4.79 Å². The van der Waals surface area contributed by atoms with E-state index in [-0.39, 0.29) is 11.9 Å². The van der Waals surface area contributed by atoms with Crippen molar-refractivity contribution in [3.63, 3.8) is 0 Å². The first kappa shape index (κ1) is 17.9. The molecule has 2 N–H and O–H groups in total. The van der Waals surface area contributed by atoms with Gasteiger partial charge in [-0.25, -0.2) is 4.98 Å². The fourth-order valence-electron chi connectivity index (χ4n) is 3.22. The standard InChI is InChI=1S/C20H25N5O/c1-14-17(15(2)25(3)24-14)9-10-20(26)23-18(13-19-21-11-12-22-19)16-7-5-4-6-8-16/h4-8,11-12,18H,9-10,13H2,1-3H3,(H,21,22)(H,23,26)/t18-/m1/s1. The lowest BCUT2D eigenvalue weighted by Gasteiger charge is -2.18.